The smallest absolute Gasteiger partial charge is 0.269 e. The van der Waals surface area contributed by atoms with Crippen molar-refractivity contribution in [3.8, 4) is 0 Å². The fourth-order valence-corrected chi connectivity index (χ4v) is 2.89. The van der Waals surface area contributed by atoms with Crippen molar-refractivity contribution >= 4 is 23.4 Å². The molecule has 0 aliphatic carbocycles. The summed E-state index contributed by atoms with van der Waals surface area (Å²) in [5, 5.41) is 2.81. The number of rotatable bonds is 6. The third-order valence-electron chi connectivity index (χ3n) is 4.59. The van der Waals surface area contributed by atoms with E-state index in [0.717, 1.165) is 11.1 Å². The van der Waals surface area contributed by atoms with Crippen LogP contribution in [0.5, 0.6) is 0 Å². The topological polar surface area (TPSA) is 87.3 Å². The lowest BCUT2D eigenvalue weighted by molar-refractivity contribution is -0.121. The second-order valence-electron chi connectivity index (χ2n) is 6.83. The maximum absolute atomic E-state index is 12.4. The molecule has 0 atom stereocenters. The molecule has 6 heteroatoms. The predicted molar refractivity (Wildman–Crippen MR) is 116 cm³/mol. The zero-order valence-electron chi connectivity index (χ0n) is 16.6. The highest BCUT2D eigenvalue weighted by Gasteiger charge is 2.10. The van der Waals surface area contributed by atoms with Crippen LogP contribution in [0, 0.1) is 6.92 Å². The molecule has 6 nitrogen and oxygen atoms in total. The summed E-state index contributed by atoms with van der Waals surface area (Å²) in [4.78, 5) is 36.5. The Morgan fingerprint density at radius 1 is 0.733 bits per heavy atom. The summed E-state index contributed by atoms with van der Waals surface area (Å²) < 4.78 is 0. The van der Waals surface area contributed by atoms with E-state index >= 15 is 0 Å². The van der Waals surface area contributed by atoms with E-state index in [1.807, 2.05) is 55.5 Å². The fraction of sp³-hybridized carbons (Fsp3) is 0.125. The molecule has 0 spiro atoms. The van der Waals surface area contributed by atoms with Gasteiger partial charge >= 0.3 is 0 Å². The molecule has 3 amide bonds. The molecule has 0 bridgehead atoms. The van der Waals surface area contributed by atoms with Crippen LogP contribution in [0.4, 0.5) is 5.69 Å². The van der Waals surface area contributed by atoms with Crippen molar-refractivity contribution < 1.29 is 14.4 Å². The Labute approximate surface area is 175 Å². The van der Waals surface area contributed by atoms with Gasteiger partial charge in [-0.2, -0.15) is 0 Å². The van der Waals surface area contributed by atoms with Crippen LogP contribution >= 0.6 is 0 Å². The summed E-state index contributed by atoms with van der Waals surface area (Å²) in [6.45, 7) is 1.87. The molecule has 0 radical (unpaired) electrons. The molecule has 152 valence electrons. The number of carbonyl (C=O) groups excluding carboxylic acids is 3. The van der Waals surface area contributed by atoms with Crippen molar-refractivity contribution in [3.05, 3.63) is 101 Å². The standard InChI is InChI=1S/C24H23N3O3/c1-17-7-5-6-10-21(17)24(30)25-20-14-12-19(13-15-20)23(29)27-26-22(28)16-11-18-8-3-2-4-9-18/h2-10,12-15H,11,16H2,1H3,(H,25,30)(H,26,28)(H,27,29). The zero-order chi connectivity index (χ0) is 21.3. The van der Waals surface area contributed by atoms with Gasteiger partial charge < -0.3 is 5.32 Å². The number of anilines is 1. The summed E-state index contributed by atoms with van der Waals surface area (Å²) >= 11 is 0. The molecule has 0 saturated heterocycles. The van der Waals surface area contributed by atoms with Crippen molar-refractivity contribution in [1.29, 1.82) is 0 Å². The van der Waals surface area contributed by atoms with Crippen LogP contribution in [0.15, 0.2) is 78.9 Å². The first-order valence-corrected chi connectivity index (χ1v) is 9.63. The van der Waals surface area contributed by atoms with E-state index in [-0.39, 0.29) is 18.2 Å². The van der Waals surface area contributed by atoms with Crippen LogP contribution in [0.1, 0.15) is 38.3 Å². The van der Waals surface area contributed by atoms with Gasteiger partial charge in [0.25, 0.3) is 11.8 Å². The van der Waals surface area contributed by atoms with Gasteiger partial charge in [-0.05, 0) is 54.8 Å². The predicted octanol–water partition coefficient (Wildman–Crippen LogP) is 3.64. The molecule has 0 fully saturated rings. The average molecular weight is 401 g/mol. The number of aryl methyl sites for hydroxylation is 2. The Hall–Kier alpha value is -3.93. The second kappa shape index (κ2) is 10.0. The second-order valence-corrected chi connectivity index (χ2v) is 6.83. The van der Waals surface area contributed by atoms with Crippen LogP contribution in [0.2, 0.25) is 0 Å². The monoisotopic (exact) mass is 401 g/mol. The molecule has 30 heavy (non-hydrogen) atoms. The van der Waals surface area contributed by atoms with Gasteiger partial charge in [0.1, 0.15) is 0 Å². The molecule has 3 N–H and O–H groups in total. The molecule has 3 rings (SSSR count). The number of hydrogen-bond donors (Lipinski definition) is 3. The Morgan fingerprint density at radius 2 is 1.40 bits per heavy atom. The normalized spacial score (nSPS) is 10.2. The number of nitrogens with one attached hydrogen (secondary N) is 3. The van der Waals surface area contributed by atoms with Crippen LogP contribution in [0.25, 0.3) is 0 Å². The first-order valence-electron chi connectivity index (χ1n) is 9.63. The van der Waals surface area contributed by atoms with E-state index in [4.69, 9.17) is 0 Å². The highest BCUT2D eigenvalue weighted by atomic mass is 16.2. The zero-order valence-corrected chi connectivity index (χ0v) is 16.6. The SMILES string of the molecule is Cc1ccccc1C(=O)Nc1ccc(C(=O)NNC(=O)CCc2ccccc2)cc1. The largest absolute Gasteiger partial charge is 0.322 e. The summed E-state index contributed by atoms with van der Waals surface area (Å²) in [6, 6.07) is 23.4. The Bertz CT molecular complexity index is 1030. The minimum absolute atomic E-state index is 0.212. The molecular formula is C24H23N3O3. The van der Waals surface area contributed by atoms with E-state index in [0.29, 0.717) is 23.2 Å². The maximum Gasteiger partial charge on any atom is 0.269 e. The van der Waals surface area contributed by atoms with Crippen molar-refractivity contribution in [2.75, 3.05) is 5.32 Å². The van der Waals surface area contributed by atoms with E-state index in [2.05, 4.69) is 16.2 Å². The average Bonchev–Trinajstić information content (AvgIpc) is 2.77. The van der Waals surface area contributed by atoms with Crippen LogP contribution < -0.4 is 16.2 Å². The summed E-state index contributed by atoms with van der Waals surface area (Å²) in [7, 11) is 0. The van der Waals surface area contributed by atoms with Gasteiger partial charge in [0, 0.05) is 23.2 Å². The molecule has 0 saturated carbocycles. The lowest BCUT2D eigenvalue weighted by atomic mass is 10.1. The quantitative estimate of drug-likeness (QED) is 0.551. The molecule has 3 aromatic rings. The third kappa shape index (κ3) is 5.78. The highest BCUT2D eigenvalue weighted by Crippen LogP contribution is 2.13. The fourth-order valence-electron chi connectivity index (χ4n) is 2.89. The van der Waals surface area contributed by atoms with Crippen molar-refractivity contribution in [2.24, 2.45) is 0 Å². The van der Waals surface area contributed by atoms with E-state index in [9.17, 15) is 14.4 Å². The Balaban J connectivity index is 1.48. The van der Waals surface area contributed by atoms with Crippen LogP contribution in [-0.4, -0.2) is 17.7 Å². The molecular weight excluding hydrogens is 378 g/mol. The molecule has 0 heterocycles. The molecule has 0 aliphatic heterocycles. The lowest BCUT2D eigenvalue weighted by Gasteiger charge is -2.09. The van der Waals surface area contributed by atoms with E-state index in [1.54, 1.807) is 30.3 Å². The van der Waals surface area contributed by atoms with Gasteiger partial charge in [0.05, 0.1) is 0 Å². The molecule has 0 unspecified atom stereocenters. The van der Waals surface area contributed by atoms with Gasteiger partial charge in [-0.15, -0.1) is 0 Å². The van der Waals surface area contributed by atoms with Crippen molar-refractivity contribution in [2.45, 2.75) is 19.8 Å². The molecule has 0 aromatic heterocycles. The van der Waals surface area contributed by atoms with Gasteiger partial charge in [-0.25, -0.2) is 0 Å². The number of carbonyl (C=O) groups is 3. The molecule has 0 aliphatic rings. The van der Waals surface area contributed by atoms with E-state index in [1.165, 1.54) is 0 Å². The molecule has 3 aromatic carbocycles. The van der Waals surface area contributed by atoms with Gasteiger partial charge in [0.15, 0.2) is 0 Å². The minimum atomic E-state index is -0.431. The first-order chi connectivity index (χ1) is 14.5. The Morgan fingerprint density at radius 3 is 2.10 bits per heavy atom. The van der Waals surface area contributed by atoms with Crippen molar-refractivity contribution in [3.63, 3.8) is 0 Å². The maximum atomic E-state index is 12.4. The van der Waals surface area contributed by atoms with Gasteiger partial charge in [-0.1, -0.05) is 48.5 Å². The minimum Gasteiger partial charge on any atom is -0.322 e. The van der Waals surface area contributed by atoms with Crippen molar-refractivity contribution in [1.82, 2.24) is 10.9 Å². The number of benzene rings is 3. The number of hydrazine groups is 1. The summed E-state index contributed by atoms with van der Waals surface area (Å²) in [5.74, 6) is -0.912. The number of hydrogen-bond acceptors (Lipinski definition) is 3. The van der Waals surface area contributed by atoms with E-state index < -0.39 is 5.91 Å². The first kappa shape index (κ1) is 20.8. The third-order valence-corrected chi connectivity index (χ3v) is 4.59. The highest BCUT2D eigenvalue weighted by molar-refractivity contribution is 6.05. The lowest BCUT2D eigenvalue weighted by Crippen LogP contribution is -2.41. The van der Waals surface area contributed by atoms with Crippen LogP contribution in [0.3, 0.4) is 0 Å². The van der Waals surface area contributed by atoms with Gasteiger partial charge in [0.2, 0.25) is 5.91 Å². The Kier molecular flexibility index (Phi) is 6.95. The summed E-state index contributed by atoms with van der Waals surface area (Å²) in [6.07, 6.45) is 0.867. The van der Waals surface area contributed by atoms with Gasteiger partial charge in [-0.3, -0.25) is 25.2 Å². The number of amides is 3. The summed E-state index contributed by atoms with van der Waals surface area (Å²) in [5.41, 5.74) is 8.30. The van der Waals surface area contributed by atoms with Crippen LogP contribution in [-0.2, 0) is 11.2 Å².